The highest BCUT2D eigenvalue weighted by atomic mass is 16.5. The number of carbonyl (C=O) groups is 2. The third-order valence-corrected chi connectivity index (χ3v) is 4.51. The first kappa shape index (κ1) is 18.8. The van der Waals surface area contributed by atoms with Crippen LogP contribution in [-0.2, 0) is 4.74 Å². The van der Waals surface area contributed by atoms with Gasteiger partial charge in [-0.05, 0) is 44.3 Å². The highest BCUT2D eigenvalue weighted by Crippen LogP contribution is 2.18. The summed E-state index contributed by atoms with van der Waals surface area (Å²) in [6.07, 6.45) is 3.35. The first-order valence-electron chi connectivity index (χ1n) is 9.04. The molecule has 3 rings (SSSR count). The maximum absolute atomic E-state index is 12.6. The molecule has 0 spiro atoms. The molecule has 0 atom stereocenters. The number of nitrogens with one attached hydrogen (secondary N) is 1. The Labute approximate surface area is 158 Å². The predicted octanol–water partition coefficient (Wildman–Crippen LogP) is 2.26. The van der Waals surface area contributed by atoms with Gasteiger partial charge in [-0.1, -0.05) is 0 Å². The van der Waals surface area contributed by atoms with Crippen LogP contribution in [0.15, 0.2) is 42.7 Å². The van der Waals surface area contributed by atoms with Crippen LogP contribution in [0.2, 0.25) is 0 Å². The predicted molar refractivity (Wildman–Crippen MR) is 104 cm³/mol. The minimum Gasteiger partial charge on any atom is -0.462 e. The molecule has 1 aliphatic heterocycles. The number of amides is 1. The van der Waals surface area contributed by atoms with Crippen molar-refractivity contribution in [2.45, 2.75) is 6.92 Å². The Morgan fingerprint density at radius 1 is 1.07 bits per heavy atom. The van der Waals surface area contributed by atoms with E-state index in [0.717, 1.165) is 31.9 Å². The highest BCUT2D eigenvalue weighted by Gasteiger charge is 2.16. The molecule has 142 valence electrons. The van der Waals surface area contributed by atoms with E-state index in [4.69, 9.17) is 4.74 Å². The average Bonchev–Trinajstić information content (AvgIpc) is 2.69. The topological polar surface area (TPSA) is 74.8 Å². The molecular weight excluding hydrogens is 344 g/mol. The standard InChI is InChI=1S/C20H24N4O3/c1-3-27-20(26)15-4-6-17(7-5-15)22-19(25)16-12-18(14-21-13-16)24-10-8-23(2)9-11-24/h4-7,12-14H,3,8-11H2,1-2H3,(H,22,25). The van der Waals surface area contributed by atoms with E-state index in [9.17, 15) is 9.59 Å². The fourth-order valence-corrected chi connectivity index (χ4v) is 2.90. The van der Waals surface area contributed by atoms with Crippen molar-refractivity contribution in [1.29, 1.82) is 0 Å². The molecule has 0 radical (unpaired) electrons. The SMILES string of the molecule is CCOC(=O)c1ccc(NC(=O)c2cncc(N3CCN(C)CC3)c2)cc1. The van der Waals surface area contributed by atoms with Gasteiger partial charge in [0.05, 0.1) is 29.6 Å². The van der Waals surface area contributed by atoms with Crippen molar-refractivity contribution in [1.82, 2.24) is 9.88 Å². The molecule has 1 amide bonds. The van der Waals surface area contributed by atoms with Gasteiger partial charge in [0.2, 0.25) is 0 Å². The van der Waals surface area contributed by atoms with Gasteiger partial charge in [-0.25, -0.2) is 4.79 Å². The molecule has 7 nitrogen and oxygen atoms in total. The molecule has 2 heterocycles. The number of carbonyl (C=O) groups excluding carboxylic acids is 2. The van der Waals surface area contributed by atoms with Crippen molar-refractivity contribution in [2.24, 2.45) is 0 Å². The number of esters is 1. The number of likely N-dealkylation sites (N-methyl/N-ethyl adjacent to an activating group) is 1. The summed E-state index contributed by atoms with van der Waals surface area (Å²) < 4.78 is 4.95. The van der Waals surface area contributed by atoms with E-state index in [1.165, 1.54) is 0 Å². The van der Waals surface area contributed by atoms with Crippen molar-refractivity contribution in [3.05, 3.63) is 53.9 Å². The van der Waals surface area contributed by atoms with Crippen LogP contribution in [0.4, 0.5) is 11.4 Å². The Bertz CT molecular complexity index is 799. The lowest BCUT2D eigenvalue weighted by atomic mass is 10.2. The second-order valence-electron chi connectivity index (χ2n) is 6.47. The van der Waals surface area contributed by atoms with Gasteiger partial charge in [0, 0.05) is 38.1 Å². The fourth-order valence-electron chi connectivity index (χ4n) is 2.90. The Hall–Kier alpha value is -2.93. The van der Waals surface area contributed by atoms with Crippen molar-refractivity contribution < 1.29 is 14.3 Å². The van der Waals surface area contributed by atoms with E-state index in [-0.39, 0.29) is 11.9 Å². The van der Waals surface area contributed by atoms with Gasteiger partial charge in [0.1, 0.15) is 0 Å². The summed E-state index contributed by atoms with van der Waals surface area (Å²) in [5, 5.41) is 2.84. The number of pyridine rings is 1. The first-order valence-corrected chi connectivity index (χ1v) is 9.04. The smallest absolute Gasteiger partial charge is 0.338 e. The van der Waals surface area contributed by atoms with Gasteiger partial charge >= 0.3 is 5.97 Å². The molecule has 27 heavy (non-hydrogen) atoms. The maximum Gasteiger partial charge on any atom is 0.338 e. The van der Waals surface area contributed by atoms with Crippen LogP contribution in [-0.4, -0.2) is 61.6 Å². The van der Waals surface area contributed by atoms with Crippen molar-refractivity contribution in [2.75, 3.05) is 50.1 Å². The average molecular weight is 368 g/mol. The third-order valence-electron chi connectivity index (χ3n) is 4.51. The lowest BCUT2D eigenvalue weighted by Gasteiger charge is -2.33. The zero-order valence-electron chi connectivity index (χ0n) is 15.6. The van der Waals surface area contributed by atoms with E-state index < -0.39 is 0 Å². The largest absolute Gasteiger partial charge is 0.462 e. The van der Waals surface area contributed by atoms with E-state index in [2.05, 4.69) is 27.1 Å². The molecule has 7 heteroatoms. The summed E-state index contributed by atoms with van der Waals surface area (Å²) in [5.74, 6) is -0.609. The molecule has 2 aromatic rings. The van der Waals surface area contributed by atoms with Crippen molar-refractivity contribution in [3.8, 4) is 0 Å². The number of benzene rings is 1. The summed E-state index contributed by atoms with van der Waals surface area (Å²) in [4.78, 5) is 33.0. The van der Waals surface area contributed by atoms with E-state index in [0.29, 0.717) is 23.4 Å². The summed E-state index contributed by atoms with van der Waals surface area (Å²) in [7, 11) is 2.10. The molecule has 1 aromatic heterocycles. The second kappa shape index (κ2) is 8.64. The molecular formula is C20H24N4O3. The highest BCUT2D eigenvalue weighted by molar-refractivity contribution is 6.04. The molecule has 1 aliphatic rings. The van der Waals surface area contributed by atoms with Crippen molar-refractivity contribution >= 4 is 23.3 Å². The van der Waals surface area contributed by atoms with Crippen LogP contribution in [0.5, 0.6) is 0 Å². The van der Waals surface area contributed by atoms with Gasteiger partial charge in [0.25, 0.3) is 5.91 Å². The van der Waals surface area contributed by atoms with Gasteiger partial charge < -0.3 is 19.9 Å². The van der Waals surface area contributed by atoms with Gasteiger partial charge in [-0.3, -0.25) is 9.78 Å². The summed E-state index contributed by atoms with van der Waals surface area (Å²) in [5.41, 5.74) is 2.51. The molecule has 0 bridgehead atoms. The number of anilines is 2. The van der Waals surface area contributed by atoms with Gasteiger partial charge in [-0.15, -0.1) is 0 Å². The van der Waals surface area contributed by atoms with Crippen LogP contribution in [0.25, 0.3) is 0 Å². The number of aromatic nitrogens is 1. The number of hydrogen-bond acceptors (Lipinski definition) is 6. The Kier molecular flexibility index (Phi) is 6.03. The summed E-state index contributed by atoms with van der Waals surface area (Å²) in [6.45, 7) is 5.90. The first-order chi connectivity index (χ1) is 13.1. The number of nitrogens with zero attached hydrogens (tertiary/aromatic N) is 3. The van der Waals surface area contributed by atoms with E-state index >= 15 is 0 Å². The Balaban J connectivity index is 1.66. The summed E-state index contributed by atoms with van der Waals surface area (Å²) in [6, 6.07) is 8.49. The number of rotatable bonds is 5. The minimum atomic E-state index is -0.376. The zero-order valence-corrected chi connectivity index (χ0v) is 15.6. The molecule has 1 fully saturated rings. The van der Waals surface area contributed by atoms with Crippen LogP contribution < -0.4 is 10.2 Å². The second-order valence-corrected chi connectivity index (χ2v) is 6.47. The maximum atomic E-state index is 12.6. The van der Waals surface area contributed by atoms with Gasteiger partial charge in [0.15, 0.2) is 0 Å². The number of hydrogen-bond donors (Lipinski definition) is 1. The Morgan fingerprint density at radius 3 is 2.44 bits per heavy atom. The lowest BCUT2D eigenvalue weighted by molar-refractivity contribution is 0.0526. The minimum absolute atomic E-state index is 0.234. The molecule has 0 saturated carbocycles. The zero-order chi connectivity index (χ0) is 19.2. The fraction of sp³-hybridized carbons (Fsp3) is 0.350. The van der Waals surface area contributed by atoms with E-state index in [1.807, 2.05) is 6.07 Å². The van der Waals surface area contributed by atoms with Crippen LogP contribution in [0.1, 0.15) is 27.6 Å². The molecule has 0 aliphatic carbocycles. The monoisotopic (exact) mass is 368 g/mol. The Morgan fingerprint density at radius 2 is 1.78 bits per heavy atom. The van der Waals surface area contributed by atoms with Crippen LogP contribution in [0.3, 0.4) is 0 Å². The molecule has 0 unspecified atom stereocenters. The number of ether oxygens (including phenoxy) is 1. The molecule has 1 N–H and O–H groups in total. The molecule has 1 saturated heterocycles. The summed E-state index contributed by atoms with van der Waals surface area (Å²) >= 11 is 0. The molecule has 1 aromatic carbocycles. The van der Waals surface area contributed by atoms with Crippen molar-refractivity contribution in [3.63, 3.8) is 0 Å². The number of piperazine rings is 1. The normalized spacial score (nSPS) is 14.7. The van der Waals surface area contributed by atoms with Crippen LogP contribution in [0, 0.1) is 0 Å². The van der Waals surface area contributed by atoms with Crippen LogP contribution >= 0.6 is 0 Å². The lowest BCUT2D eigenvalue weighted by Crippen LogP contribution is -2.44. The van der Waals surface area contributed by atoms with Gasteiger partial charge in [-0.2, -0.15) is 0 Å². The van der Waals surface area contributed by atoms with E-state index in [1.54, 1.807) is 43.6 Å². The quantitative estimate of drug-likeness (QED) is 0.816. The third kappa shape index (κ3) is 4.83.